The summed E-state index contributed by atoms with van der Waals surface area (Å²) >= 11 is 2.02. The van der Waals surface area contributed by atoms with Gasteiger partial charge in [-0.25, -0.2) is 4.98 Å². The van der Waals surface area contributed by atoms with Crippen molar-refractivity contribution in [1.29, 1.82) is 0 Å². The number of H-pyrrole nitrogens is 1. The number of hydrogen-bond donors (Lipinski definition) is 1. The Morgan fingerprint density at radius 3 is 2.42 bits per heavy atom. The molecular formula is C15H17IN2O. The molecule has 0 radical (unpaired) electrons. The van der Waals surface area contributed by atoms with Crippen LogP contribution >= 0.6 is 22.6 Å². The van der Waals surface area contributed by atoms with E-state index in [9.17, 15) is 4.79 Å². The molecule has 1 aromatic heterocycles. The molecule has 1 heterocycles. The van der Waals surface area contributed by atoms with Crippen molar-refractivity contribution in [1.82, 2.24) is 9.97 Å². The van der Waals surface area contributed by atoms with Crippen molar-refractivity contribution < 1.29 is 0 Å². The first kappa shape index (κ1) is 14.2. The maximum atomic E-state index is 11.7. The van der Waals surface area contributed by atoms with Crippen LogP contribution in [-0.4, -0.2) is 9.97 Å². The molecule has 0 aliphatic rings. The van der Waals surface area contributed by atoms with Crippen LogP contribution in [0.3, 0.4) is 0 Å². The van der Waals surface area contributed by atoms with Crippen molar-refractivity contribution >= 4 is 22.6 Å². The van der Waals surface area contributed by atoms with E-state index in [0.29, 0.717) is 15.3 Å². The van der Waals surface area contributed by atoms with Gasteiger partial charge in [0.25, 0.3) is 5.56 Å². The van der Waals surface area contributed by atoms with Gasteiger partial charge in [0, 0.05) is 5.56 Å². The molecule has 3 nitrogen and oxygen atoms in total. The number of aromatic nitrogens is 2. The van der Waals surface area contributed by atoms with Gasteiger partial charge in [-0.2, -0.15) is 0 Å². The first-order valence-corrected chi connectivity index (χ1v) is 7.41. The molecule has 0 saturated carbocycles. The average molecular weight is 368 g/mol. The quantitative estimate of drug-likeness (QED) is 0.843. The van der Waals surface area contributed by atoms with Gasteiger partial charge in [0.2, 0.25) is 0 Å². The Bertz CT molecular complexity index is 630. The summed E-state index contributed by atoms with van der Waals surface area (Å²) in [5, 5.41) is 0. The molecule has 0 saturated heterocycles. The van der Waals surface area contributed by atoms with Crippen molar-refractivity contribution in [3.8, 4) is 11.4 Å². The molecule has 4 heteroatoms. The molecule has 0 spiro atoms. The molecule has 0 atom stereocenters. The molecule has 0 unspecified atom stereocenters. The fraction of sp³-hybridized carbons (Fsp3) is 0.333. The largest absolute Gasteiger partial charge is 0.306 e. The van der Waals surface area contributed by atoms with Crippen LogP contribution in [0, 0.1) is 16.4 Å². The minimum absolute atomic E-state index is 0.0747. The monoisotopic (exact) mass is 368 g/mol. The minimum Gasteiger partial charge on any atom is -0.306 e. The first-order chi connectivity index (χ1) is 8.97. The molecule has 0 bridgehead atoms. The maximum Gasteiger partial charge on any atom is 0.264 e. The number of hydrogen-bond acceptors (Lipinski definition) is 2. The maximum absolute atomic E-state index is 11.7. The van der Waals surface area contributed by atoms with Crippen LogP contribution in [0.4, 0.5) is 0 Å². The van der Waals surface area contributed by atoms with E-state index >= 15 is 0 Å². The highest BCUT2D eigenvalue weighted by Gasteiger charge is 2.07. The van der Waals surface area contributed by atoms with Crippen LogP contribution in [0.25, 0.3) is 11.4 Å². The number of aromatic amines is 1. The van der Waals surface area contributed by atoms with Crippen LogP contribution in [0.15, 0.2) is 29.1 Å². The highest BCUT2D eigenvalue weighted by molar-refractivity contribution is 14.1. The Hall–Kier alpha value is -1.17. The highest BCUT2D eigenvalue weighted by atomic mass is 127. The molecule has 2 rings (SSSR count). The second-order valence-electron chi connectivity index (χ2n) is 5.11. The Kier molecular flexibility index (Phi) is 4.39. The molecule has 0 fully saturated rings. The smallest absolute Gasteiger partial charge is 0.264 e. The van der Waals surface area contributed by atoms with Crippen molar-refractivity contribution in [3.63, 3.8) is 0 Å². The zero-order chi connectivity index (χ0) is 14.0. The number of rotatable bonds is 3. The minimum atomic E-state index is -0.0747. The second-order valence-corrected chi connectivity index (χ2v) is 6.19. The molecular weight excluding hydrogens is 351 g/mol. The van der Waals surface area contributed by atoms with Gasteiger partial charge in [-0.05, 0) is 47.4 Å². The van der Waals surface area contributed by atoms with Gasteiger partial charge in [-0.1, -0.05) is 38.1 Å². The molecule has 0 aliphatic heterocycles. The van der Waals surface area contributed by atoms with E-state index in [1.54, 1.807) is 0 Å². The third kappa shape index (κ3) is 3.43. The number of benzene rings is 1. The molecule has 19 heavy (non-hydrogen) atoms. The van der Waals surface area contributed by atoms with Gasteiger partial charge in [-0.3, -0.25) is 4.79 Å². The Morgan fingerprint density at radius 2 is 1.89 bits per heavy atom. The lowest BCUT2D eigenvalue weighted by Gasteiger charge is -2.07. The van der Waals surface area contributed by atoms with Crippen molar-refractivity contribution in [2.24, 2.45) is 5.92 Å². The lowest BCUT2D eigenvalue weighted by Crippen LogP contribution is -2.14. The van der Waals surface area contributed by atoms with Crippen LogP contribution in [0.1, 0.15) is 25.1 Å². The summed E-state index contributed by atoms with van der Waals surface area (Å²) in [5.74, 6) is 1.28. The zero-order valence-corrected chi connectivity index (χ0v) is 13.5. The third-order valence-electron chi connectivity index (χ3n) is 2.90. The van der Waals surface area contributed by atoms with Crippen LogP contribution < -0.4 is 5.56 Å². The third-order valence-corrected chi connectivity index (χ3v) is 4.17. The van der Waals surface area contributed by atoms with Crippen LogP contribution in [0.5, 0.6) is 0 Å². The Balaban J connectivity index is 2.35. The summed E-state index contributed by atoms with van der Waals surface area (Å²) in [5.41, 5.74) is 2.95. The summed E-state index contributed by atoms with van der Waals surface area (Å²) in [7, 11) is 0. The first-order valence-electron chi connectivity index (χ1n) is 6.33. The normalized spacial score (nSPS) is 11.0. The summed E-state index contributed by atoms with van der Waals surface area (Å²) in [4.78, 5) is 19.0. The molecule has 0 amide bonds. The van der Waals surface area contributed by atoms with E-state index in [1.165, 1.54) is 5.56 Å². The number of halogens is 1. The van der Waals surface area contributed by atoms with E-state index in [-0.39, 0.29) is 5.56 Å². The van der Waals surface area contributed by atoms with Crippen molar-refractivity contribution in [2.75, 3.05) is 0 Å². The van der Waals surface area contributed by atoms with Gasteiger partial charge in [0.15, 0.2) is 0 Å². The van der Waals surface area contributed by atoms with Gasteiger partial charge in [-0.15, -0.1) is 0 Å². The summed E-state index contributed by atoms with van der Waals surface area (Å²) in [6.45, 7) is 6.26. The Morgan fingerprint density at radius 1 is 1.26 bits per heavy atom. The van der Waals surface area contributed by atoms with Crippen LogP contribution in [-0.2, 0) is 6.42 Å². The zero-order valence-electron chi connectivity index (χ0n) is 11.3. The highest BCUT2D eigenvalue weighted by Crippen LogP contribution is 2.17. The van der Waals surface area contributed by atoms with E-state index in [0.717, 1.165) is 17.7 Å². The fourth-order valence-electron chi connectivity index (χ4n) is 1.98. The van der Waals surface area contributed by atoms with E-state index in [2.05, 4.69) is 35.9 Å². The second kappa shape index (κ2) is 5.86. The van der Waals surface area contributed by atoms with Gasteiger partial charge in [0.1, 0.15) is 5.82 Å². The molecule has 1 aromatic carbocycles. The van der Waals surface area contributed by atoms with Gasteiger partial charge >= 0.3 is 0 Å². The van der Waals surface area contributed by atoms with E-state index in [4.69, 9.17) is 0 Å². The number of nitrogens with zero attached hydrogens (tertiary/aromatic N) is 1. The Labute approximate surface area is 126 Å². The standard InChI is InChI=1S/C15H17IN2O/c1-9(2)8-11-4-6-12(7-5-11)14-17-10(3)13(16)15(19)18-14/h4-7,9H,8H2,1-3H3,(H,17,18,19). The number of nitrogens with one attached hydrogen (secondary N) is 1. The molecule has 100 valence electrons. The summed E-state index contributed by atoms with van der Waals surface area (Å²) < 4.78 is 0.651. The predicted molar refractivity (Wildman–Crippen MR) is 86.3 cm³/mol. The lowest BCUT2D eigenvalue weighted by molar-refractivity contribution is 0.647. The van der Waals surface area contributed by atoms with Gasteiger partial charge < -0.3 is 4.98 Å². The molecule has 2 aromatic rings. The van der Waals surface area contributed by atoms with Gasteiger partial charge in [0.05, 0.1) is 9.26 Å². The van der Waals surface area contributed by atoms with Crippen molar-refractivity contribution in [3.05, 3.63) is 49.4 Å². The summed E-state index contributed by atoms with van der Waals surface area (Å²) in [6, 6.07) is 8.23. The predicted octanol–water partition coefficient (Wildman–Crippen LogP) is 3.55. The number of aryl methyl sites for hydroxylation is 1. The fourth-order valence-corrected chi connectivity index (χ4v) is 2.23. The van der Waals surface area contributed by atoms with Crippen molar-refractivity contribution in [2.45, 2.75) is 27.2 Å². The topological polar surface area (TPSA) is 45.8 Å². The van der Waals surface area contributed by atoms with E-state index < -0.39 is 0 Å². The average Bonchev–Trinajstić information content (AvgIpc) is 2.35. The molecule has 0 aliphatic carbocycles. The van der Waals surface area contributed by atoms with Crippen LogP contribution in [0.2, 0.25) is 0 Å². The lowest BCUT2D eigenvalue weighted by atomic mass is 10.0. The summed E-state index contributed by atoms with van der Waals surface area (Å²) in [6.07, 6.45) is 1.07. The SMILES string of the molecule is Cc1nc(-c2ccc(CC(C)C)cc2)[nH]c(=O)c1I. The molecule has 1 N–H and O–H groups in total. The van der Waals surface area contributed by atoms with E-state index in [1.807, 2.05) is 41.6 Å².